The zero-order chi connectivity index (χ0) is 14.4. The van der Waals surface area contributed by atoms with Crippen LogP contribution in [0.25, 0.3) is 0 Å². The zero-order valence-corrected chi connectivity index (χ0v) is 12.7. The first-order valence-electron chi connectivity index (χ1n) is 6.87. The van der Waals surface area contributed by atoms with Crippen LogP contribution in [0, 0.1) is 6.92 Å². The number of hydrogen-bond acceptors (Lipinski definition) is 2. The van der Waals surface area contributed by atoms with Gasteiger partial charge < -0.3 is 10.1 Å². The lowest BCUT2D eigenvalue weighted by Gasteiger charge is -2.12. The smallest absolute Gasteiger partial charge is 0.120 e. The summed E-state index contributed by atoms with van der Waals surface area (Å²) in [6.07, 6.45) is 0. The Bertz CT molecular complexity index is 569. The lowest BCUT2D eigenvalue weighted by molar-refractivity contribution is 0.304. The van der Waals surface area contributed by atoms with Gasteiger partial charge in [0.1, 0.15) is 12.4 Å². The van der Waals surface area contributed by atoms with E-state index in [1.165, 1.54) is 11.1 Å². The van der Waals surface area contributed by atoms with Crippen LogP contribution >= 0.6 is 11.6 Å². The van der Waals surface area contributed by atoms with Crippen molar-refractivity contribution in [2.24, 2.45) is 0 Å². The minimum absolute atomic E-state index is 0.572. The summed E-state index contributed by atoms with van der Waals surface area (Å²) in [6, 6.07) is 14.1. The maximum atomic E-state index is 6.02. The second-order valence-electron chi connectivity index (χ2n) is 4.75. The first-order chi connectivity index (χ1) is 9.70. The largest absolute Gasteiger partial charge is 0.489 e. The van der Waals surface area contributed by atoms with E-state index in [0.717, 1.165) is 29.4 Å². The van der Waals surface area contributed by atoms with Gasteiger partial charge in [-0.15, -0.1) is 0 Å². The van der Waals surface area contributed by atoms with Gasteiger partial charge in [0.25, 0.3) is 0 Å². The number of ether oxygens (including phenoxy) is 1. The Morgan fingerprint density at radius 3 is 2.55 bits per heavy atom. The molecular weight excluding hydrogens is 270 g/mol. The molecule has 0 unspecified atom stereocenters. The van der Waals surface area contributed by atoms with Crippen LogP contribution in [0.1, 0.15) is 23.6 Å². The van der Waals surface area contributed by atoms with Crippen molar-refractivity contribution >= 4 is 11.6 Å². The number of rotatable bonds is 6. The molecule has 0 aromatic heterocycles. The van der Waals surface area contributed by atoms with Gasteiger partial charge in [0.2, 0.25) is 0 Å². The topological polar surface area (TPSA) is 21.3 Å². The van der Waals surface area contributed by atoms with E-state index in [2.05, 4.69) is 30.4 Å². The van der Waals surface area contributed by atoms with Crippen molar-refractivity contribution in [2.45, 2.75) is 27.0 Å². The number of hydrogen-bond donors (Lipinski definition) is 1. The molecule has 0 aliphatic rings. The van der Waals surface area contributed by atoms with Crippen LogP contribution in [-0.2, 0) is 13.2 Å². The predicted octanol–water partition coefficient (Wildman–Crippen LogP) is 4.34. The lowest BCUT2D eigenvalue weighted by atomic mass is 10.1. The van der Waals surface area contributed by atoms with E-state index >= 15 is 0 Å². The molecule has 0 radical (unpaired) electrons. The van der Waals surface area contributed by atoms with Gasteiger partial charge in [-0.05, 0) is 48.4 Å². The minimum atomic E-state index is 0.572. The minimum Gasteiger partial charge on any atom is -0.489 e. The van der Waals surface area contributed by atoms with Crippen molar-refractivity contribution in [2.75, 3.05) is 6.54 Å². The summed E-state index contributed by atoms with van der Waals surface area (Å²) in [7, 11) is 0. The Morgan fingerprint density at radius 2 is 1.85 bits per heavy atom. The van der Waals surface area contributed by atoms with Crippen LogP contribution in [0.5, 0.6) is 5.75 Å². The van der Waals surface area contributed by atoms with E-state index in [9.17, 15) is 0 Å². The maximum Gasteiger partial charge on any atom is 0.120 e. The average Bonchev–Trinajstić information content (AvgIpc) is 2.47. The van der Waals surface area contributed by atoms with Gasteiger partial charge in [-0.3, -0.25) is 0 Å². The first kappa shape index (κ1) is 14.9. The number of nitrogens with one attached hydrogen (secondary N) is 1. The Kier molecular flexibility index (Phi) is 5.45. The number of aryl methyl sites for hydroxylation is 1. The normalized spacial score (nSPS) is 10.6. The summed E-state index contributed by atoms with van der Waals surface area (Å²) in [4.78, 5) is 0. The van der Waals surface area contributed by atoms with Crippen LogP contribution in [0.15, 0.2) is 42.5 Å². The third-order valence-corrected chi connectivity index (χ3v) is 3.63. The van der Waals surface area contributed by atoms with Crippen LogP contribution in [-0.4, -0.2) is 6.54 Å². The predicted molar refractivity (Wildman–Crippen MR) is 84.3 cm³/mol. The molecule has 0 atom stereocenters. The van der Waals surface area contributed by atoms with Gasteiger partial charge in [-0.2, -0.15) is 0 Å². The van der Waals surface area contributed by atoms with Crippen molar-refractivity contribution in [3.8, 4) is 5.75 Å². The molecule has 2 aromatic rings. The molecule has 2 nitrogen and oxygen atoms in total. The van der Waals surface area contributed by atoms with Gasteiger partial charge in [-0.1, -0.05) is 42.8 Å². The van der Waals surface area contributed by atoms with E-state index in [-0.39, 0.29) is 0 Å². The molecule has 0 amide bonds. The average molecular weight is 290 g/mol. The summed E-state index contributed by atoms with van der Waals surface area (Å²) < 4.78 is 5.86. The second kappa shape index (κ2) is 7.32. The van der Waals surface area contributed by atoms with Crippen LogP contribution < -0.4 is 10.1 Å². The first-order valence-corrected chi connectivity index (χ1v) is 7.25. The molecule has 0 saturated heterocycles. The molecule has 0 aliphatic heterocycles. The molecule has 0 saturated carbocycles. The fraction of sp³-hybridized carbons (Fsp3) is 0.294. The molecule has 106 valence electrons. The van der Waals surface area contributed by atoms with Crippen LogP contribution in [0.3, 0.4) is 0 Å². The highest BCUT2D eigenvalue weighted by Crippen LogP contribution is 2.22. The van der Waals surface area contributed by atoms with Crippen molar-refractivity contribution in [3.05, 3.63) is 64.2 Å². The highest BCUT2D eigenvalue weighted by atomic mass is 35.5. The second-order valence-corrected chi connectivity index (χ2v) is 5.16. The van der Waals surface area contributed by atoms with E-state index in [1.54, 1.807) is 0 Å². The highest BCUT2D eigenvalue weighted by molar-refractivity contribution is 6.31. The molecule has 20 heavy (non-hydrogen) atoms. The summed E-state index contributed by atoms with van der Waals surface area (Å²) in [5.41, 5.74) is 3.52. The van der Waals surface area contributed by atoms with Gasteiger partial charge in [-0.25, -0.2) is 0 Å². The van der Waals surface area contributed by atoms with Crippen molar-refractivity contribution < 1.29 is 4.74 Å². The van der Waals surface area contributed by atoms with E-state index < -0.39 is 0 Å². The fourth-order valence-electron chi connectivity index (χ4n) is 2.00. The summed E-state index contributed by atoms with van der Waals surface area (Å²) >= 11 is 6.02. The van der Waals surface area contributed by atoms with Crippen molar-refractivity contribution in [1.29, 1.82) is 0 Å². The molecule has 2 rings (SSSR count). The Balaban J connectivity index is 2.04. The monoisotopic (exact) mass is 289 g/mol. The molecule has 0 heterocycles. The molecule has 0 spiro atoms. The molecular formula is C17H20ClNO. The molecule has 2 aromatic carbocycles. The lowest BCUT2D eigenvalue weighted by Crippen LogP contribution is -2.13. The van der Waals surface area contributed by atoms with E-state index in [4.69, 9.17) is 16.3 Å². The van der Waals surface area contributed by atoms with Gasteiger partial charge in [0.05, 0.1) is 0 Å². The molecule has 0 fully saturated rings. The van der Waals surface area contributed by atoms with E-state index in [1.807, 2.05) is 31.2 Å². The van der Waals surface area contributed by atoms with Gasteiger partial charge in [0.15, 0.2) is 0 Å². The van der Waals surface area contributed by atoms with Gasteiger partial charge >= 0.3 is 0 Å². The summed E-state index contributed by atoms with van der Waals surface area (Å²) in [5, 5.41) is 4.12. The quantitative estimate of drug-likeness (QED) is 0.854. The maximum absolute atomic E-state index is 6.02. The standard InChI is InChI=1S/C17H20ClNO/c1-3-19-11-14-6-4-5-7-15(14)12-20-16-8-9-17(18)13(2)10-16/h4-10,19H,3,11-12H2,1-2H3. The molecule has 1 N–H and O–H groups in total. The number of halogens is 1. The Labute approximate surface area is 125 Å². The third kappa shape index (κ3) is 3.99. The Morgan fingerprint density at radius 1 is 1.10 bits per heavy atom. The fourth-order valence-corrected chi connectivity index (χ4v) is 2.12. The number of benzene rings is 2. The SMILES string of the molecule is CCNCc1ccccc1COc1ccc(Cl)c(C)c1. The summed E-state index contributed by atoms with van der Waals surface area (Å²) in [6.45, 7) is 6.49. The van der Waals surface area contributed by atoms with Crippen LogP contribution in [0.4, 0.5) is 0 Å². The van der Waals surface area contributed by atoms with Crippen molar-refractivity contribution in [3.63, 3.8) is 0 Å². The van der Waals surface area contributed by atoms with Crippen LogP contribution in [0.2, 0.25) is 5.02 Å². The molecule has 3 heteroatoms. The van der Waals surface area contributed by atoms with E-state index in [0.29, 0.717) is 6.61 Å². The Hall–Kier alpha value is -1.51. The third-order valence-electron chi connectivity index (χ3n) is 3.21. The van der Waals surface area contributed by atoms with Crippen molar-refractivity contribution in [1.82, 2.24) is 5.32 Å². The molecule has 0 aliphatic carbocycles. The van der Waals surface area contributed by atoms with Gasteiger partial charge in [0, 0.05) is 11.6 Å². The zero-order valence-electron chi connectivity index (χ0n) is 11.9. The highest BCUT2D eigenvalue weighted by Gasteiger charge is 2.03. The molecule has 0 bridgehead atoms. The summed E-state index contributed by atoms with van der Waals surface area (Å²) in [5.74, 6) is 0.852.